The molecular formula is C23H19BrClN3O5. The van der Waals surface area contributed by atoms with Gasteiger partial charge in [-0.05, 0) is 33.6 Å². The lowest BCUT2D eigenvalue weighted by Crippen LogP contribution is -2.41. The number of carbonyl (C=O) groups excluding carboxylic acids is 2. The van der Waals surface area contributed by atoms with Gasteiger partial charge >= 0.3 is 11.9 Å². The molecule has 2 N–H and O–H groups in total. The lowest BCUT2D eigenvalue weighted by Gasteiger charge is -2.36. The summed E-state index contributed by atoms with van der Waals surface area (Å²) < 4.78 is 16.0. The van der Waals surface area contributed by atoms with Gasteiger partial charge in [0, 0.05) is 5.02 Å². The minimum Gasteiger partial charge on any atom is -0.493 e. The second-order valence-electron chi connectivity index (χ2n) is 6.78. The average Bonchev–Trinajstić information content (AvgIpc) is 2.82. The third-order valence-electron chi connectivity index (χ3n) is 5.04. The van der Waals surface area contributed by atoms with Crippen molar-refractivity contribution in [1.29, 1.82) is 5.26 Å². The number of methoxy groups -OCH3 is 3. The number of nitrogens with two attached hydrogens (primary N) is 1. The molecule has 0 amide bonds. The Hall–Kier alpha value is -3.48. The van der Waals surface area contributed by atoms with Crippen LogP contribution in [0, 0.1) is 11.3 Å². The van der Waals surface area contributed by atoms with Crippen molar-refractivity contribution in [2.75, 3.05) is 26.2 Å². The Kier molecular flexibility index (Phi) is 7.31. The van der Waals surface area contributed by atoms with Crippen molar-refractivity contribution in [3.05, 3.63) is 80.2 Å². The van der Waals surface area contributed by atoms with Gasteiger partial charge in [-0.25, -0.2) is 9.59 Å². The Balaban J connectivity index is 2.49. The van der Waals surface area contributed by atoms with Crippen LogP contribution in [0.4, 0.5) is 5.69 Å². The normalized spacial score (nSPS) is 15.8. The first-order valence-corrected chi connectivity index (χ1v) is 10.7. The number of hydrogen-bond acceptors (Lipinski definition) is 8. The number of hydrogen-bond donors (Lipinski definition) is 1. The first-order chi connectivity index (χ1) is 15.8. The van der Waals surface area contributed by atoms with Gasteiger partial charge in [0.1, 0.15) is 11.5 Å². The van der Waals surface area contributed by atoms with E-state index in [2.05, 4.69) is 22.0 Å². The smallest absolute Gasteiger partial charge is 0.355 e. The Labute approximate surface area is 203 Å². The minimum absolute atomic E-state index is 0.0346. The summed E-state index contributed by atoms with van der Waals surface area (Å²) in [5.41, 5.74) is 6.97. The van der Waals surface area contributed by atoms with E-state index < -0.39 is 17.9 Å². The van der Waals surface area contributed by atoms with Crippen LogP contribution in [0.3, 0.4) is 0 Å². The highest BCUT2D eigenvalue weighted by molar-refractivity contribution is 9.10. The molecule has 0 aromatic heterocycles. The first kappa shape index (κ1) is 24.2. The van der Waals surface area contributed by atoms with E-state index in [0.717, 1.165) is 0 Å². The Morgan fingerprint density at radius 2 is 1.76 bits per heavy atom. The molecule has 2 aromatic carbocycles. The van der Waals surface area contributed by atoms with Crippen molar-refractivity contribution in [3.63, 3.8) is 0 Å². The maximum atomic E-state index is 13.1. The molecule has 1 unspecified atom stereocenters. The van der Waals surface area contributed by atoms with Gasteiger partial charge in [0.25, 0.3) is 0 Å². The summed E-state index contributed by atoms with van der Waals surface area (Å²) >= 11 is 9.65. The zero-order chi connectivity index (χ0) is 24.3. The number of ether oxygens (including phenoxy) is 3. The quantitative estimate of drug-likeness (QED) is 0.575. The summed E-state index contributed by atoms with van der Waals surface area (Å²) in [4.78, 5) is 27.4. The van der Waals surface area contributed by atoms with Crippen molar-refractivity contribution in [2.24, 2.45) is 5.73 Å². The molecule has 2 aromatic rings. The summed E-state index contributed by atoms with van der Waals surface area (Å²) in [5.74, 6) is -2.48. The molecule has 0 radical (unpaired) electrons. The van der Waals surface area contributed by atoms with E-state index in [0.29, 0.717) is 10.0 Å². The van der Waals surface area contributed by atoms with Crippen LogP contribution in [0.25, 0.3) is 0 Å². The molecule has 10 heteroatoms. The number of esters is 2. The van der Waals surface area contributed by atoms with Crippen LogP contribution in [-0.2, 0) is 19.1 Å². The molecule has 170 valence electrons. The van der Waals surface area contributed by atoms with Crippen LogP contribution in [-0.4, -0.2) is 33.3 Å². The topological polar surface area (TPSA) is 115 Å². The molecule has 0 saturated carbocycles. The van der Waals surface area contributed by atoms with Crippen LogP contribution in [0.5, 0.6) is 5.75 Å². The summed E-state index contributed by atoms with van der Waals surface area (Å²) in [5, 5.41) is 10.4. The second kappa shape index (κ2) is 9.98. The summed E-state index contributed by atoms with van der Waals surface area (Å²) in [6.07, 6.45) is 0. The number of benzene rings is 2. The van der Waals surface area contributed by atoms with E-state index in [1.807, 2.05) is 0 Å². The van der Waals surface area contributed by atoms with Gasteiger partial charge in [0.2, 0.25) is 0 Å². The van der Waals surface area contributed by atoms with E-state index >= 15 is 0 Å². The van der Waals surface area contributed by atoms with E-state index in [-0.39, 0.29) is 39.1 Å². The van der Waals surface area contributed by atoms with Crippen molar-refractivity contribution in [2.45, 2.75) is 5.92 Å². The van der Waals surface area contributed by atoms with Gasteiger partial charge in [-0.3, -0.25) is 4.90 Å². The Bertz CT molecular complexity index is 1220. The predicted molar refractivity (Wildman–Crippen MR) is 125 cm³/mol. The fourth-order valence-electron chi connectivity index (χ4n) is 3.68. The maximum absolute atomic E-state index is 13.1. The first-order valence-electron chi connectivity index (χ1n) is 9.49. The monoisotopic (exact) mass is 531 g/mol. The lowest BCUT2D eigenvalue weighted by molar-refractivity contribution is -0.139. The number of allylic oxidation sites excluding steroid dienone is 1. The Morgan fingerprint density at radius 1 is 1.12 bits per heavy atom. The van der Waals surface area contributed by atoms with Gasteiger partial charge in [0.15, 0.2) is 5.75 Å². The van der Waals surface area contributed by atoms with E-state index in [9.17, 15) is 14.9 Å². The molecule has 33 heavy (non-hydrogen) atoms. The number of rotatable bonds is 5. The highest BCUT2D eigenvalue weighted by Gasteiger charge is 2.43. The largest absolute Gasteiger partial charge is 0.493 e. The molecule has 0 spiro atoms. The second-order valence-corrected chi connectivity index (χ2v) is 8.07. The molecule has 1 aliphatic heterocycles. The van der Waals surface area contributed by atoms with Gasteiger partial charge in [-0.2, -0.15) is 5.26 Å². The van der Waals surface area contributed by atoms with Gasteiger partial charge in [-0.15, -0.1) is 0 Å². The maximum Gasteiger partial charge on any atom is 0.355 e. The van der Waals surface area contributed by atoms with Crippen molar-refractivity contribution >= 4 is 45.2 Å². The molecular weight excluding hydrogens is 514 g/mol. The fourth-order valence-corrected chi connectivity index (χ4v) is 4.63. The van der Waals surface area contributed by atoms with Crippen LogP contribution in [0.2, 0.25) is 5.02 Å². The average molecular weight is 533 g/mol. The summed E-state index contributed by atoms with van der Waals surface area (Å²) in [6.45, 7) is 0. The molecule has 0 bridgehead atoms. The van der Waals surface area contributed by atoms with Crippen LogP contribution in [0.1, 0.15) is 11.5 Å². The van der Waals surface area contributed by atoms with Crippen molar-refractivity contribution < 1.29 is 23.8 Å². The van der Waals surface area contributed by atoms with E-state index in [4.69, 9.17) is 31.5 Å². The zero-order valence-corrected chi connectivity index (χ0v) is 20.2. The standard InChI is InChI=1S/C23H19BrClN3O5/c1-31-20-15(24)9-13(25)10-16(20)28-19(23(30)33-3)18(22(29)32-2)17(14(11-26)21(28)27)12-7-5-4-6-8-12/h4-10,17H,27H2,1-3H3. The third kappa shape index (κ3) is 4.27. The molecule has 1 aliphatic rings. The summed E-state index contributed by atoms with van der Waals surface area (Å²) in [6, 6.07) is 13.9. The molecule has 1 atom stereocenters. The van der Waals surface area contributed by atoms with Crippen LogP contribution in [0.15, 0.2) is 69.6 Å². The minimum atomic E-state index is -0.970. The number of nitrogens with zero attached hydrogens (tertiary/aromatic N) is 2. The molecule has 0 fully saturated rings. The lowest BCUT2D eigenvalue weighted by atomic mass is 9.81. The molecule has 8 nitrogen and oxygen atoms in total. The molecule has 0 saturated heterocycles. The number of anilines is 1. The highest BCUT2D eigenvalue weighted by atomic mass is 79.9. The van der Waals surface area contributed by atoms with E-state index in [1.165, 1.54) is 32.3 Å². The van der Waals surface area contributed by atoms with Gasteiger partial charge in [-0.1, -0.05) is 41.9 Å². The van der Waals surface area contributed by atoms with Crippen LogP contribution < -0.4 is 15.4 Å². The van der Waals surface area contributed by atoms with Crippen molar-refractivity contribution in [1.82, 2.24) is 0 Å². The number of halogens is 2. The van der Waals surface area contributed by atoms with Gasteiger partial charge in [0.05, 0.1) is 54.6 Å². The Morgan fingerprint density at radius 3 is 2.30 bits per heavy atom. The number of nitriles is 1. The van der Waals surface area contributed by atoms with Crippen LogP contribution >= 0.6 is 27.5 Å². The SMILES string of the molecule is COC(=O)C1=C(C(=O)OC)N(c2cc(Cl)cc(Br)c2OC)C(N)=C(C#N)C1c1ccccc1. The van der Waals surface area contributed by atoms with Gasteiger partial charge < -0.3 is 19.9 Å². The van der Waals surface area contributed by atoms with E-state index in [1.54, 1.807) is 36.4 Å². The zero-order valence-electron chi connectivity index (χ0n) is 17.9. The number of carbonyl (C=O) groups is 2. The molecule has 3 rings (SSSR count). The highest BCUT2D eigenvalue weighted by Crippen LogP contribution is 2.47. The molecule has 0 aliphatic carbocycles. The fraction of sp³-hybridized carbons (Fsp3) is 0.174. The predicted octanol–water partition coefficient (Wildman–Crippen LogP) is 4.01. The summed E-state index contributed by atoms with van der Waals surface area (Å²) in [7, 11) is 3.77. The molecule has 1 heterocycles. The third-order valence-corrected chi connectivity index (χ3v) is 5.85. The van der Waals surface area contributed by atoms with Crippen molar-refractivity contribution in [3.8, 4) is 11.8 Å².